The fourth-order valence-electron chi connectivity index (χ4n) is 3.17. The Morgan fingerprint density at radius 2 is 1.92 bits per heavy atom. The zero-order valence-corrected chi connectivity index (χ0v) is 15.4. The molecule has 2 aromatic carbocycles. The van der Waals surface area contributed by atoms with Crippen molar-refractivity contribution in [1.29, 1.82) is 0 Å². The molecule has 0 aromatic heterocycles. The maximum absolute atomic E-state index is 13.0. The Kier molecular flexibility index (Phi) is 4.10. The van der Waals surface area contributed by atoms with Crippen molar-refractivity contribution in [2.45, 2.75) is 34.9 Å². The summed E-state index contributed by atoms with van der Waals surface area (Å²) in [5.74, 6) is -0.0982. The molecule has 5 nitrogen and oxygen atoms in total. The van der Waals surface area contributed by atoms with Crippen LogP contribution in [0.4, 0.5) is 5.69 Å². The highest BCUT2D eigenvalue weighted by atomic mass is 32.2. The second-order valence-corrected chi connectivity index (χ2v) is 9.59. The molecular weight excluding hydrogens is 356 g/mol. The number of carbonyl (C=O) groups excluding carboxylic acids is 1. The van der Waals surface area contributed by atoms with Crippen LogP contribution in [0.15, 0.2) is 52.3 Å². The highest BCUT2D eigenvalue weighted by Crippen LogP contribution is 2.37. The summed E-state index contributed by atoms with van der Waals surface area (Å²) in [4.78, 5) is 13.0. The van der Waals surface area contributed by atoms with Gasteiger partial charge < -0.3 is 5.32 Å². The zero-order chi connectivity index (χ0) is 17.6. The van der Waals surface area contributed by atoms with E-state index in [1.54, 1.807) is 18.2 Å². The normalized spacial score (nSPS) is 20.5. The third-order valence-corrected chi connectivity index (χ3v) is 7.63. The van der Waals surface area contributed by atoms with Gasteiger partial charge in [0.15, 0.2) is 0 Å². The Balaban J connectivity index is 1.66. The van der Waals surface area contributed by atoms with E-state index in [1.807, 2.05) is 31.2 Å². The van der Waals surface area contributed by atoms with E-state index in [2.05, 4.69) is 5.32 Å². The number of benzene rings is 2. The predicted octanol–water partition coefficient (Wildman–Crippen LogP) is 2.87. The van der Waals surface area contributed by atoms with Crippen LogP contribution in [0.3, 0.4) is 0 Å². The molecule has 1 atom stereocenters. The van der Waals surface area contributed by atoms with Crippen molar-refractivity contribution in [2.75, 3.05) is 11.9 Å². The van der Waals surface area contributed by atoms with E-state index in [4.69, 9.17) is 0 Å². The number of nitrogens with one attached hydrogen (secondary N) is 1. The maximum atomic E-state index is 13.0. The van der Waals surface area contributed by atoms with Gasteiger partial charge in [-0.15, -0.1) is 11.8 Å². The second-order valence-electron chi connectivity index (χ2n) is 6.26. The Labute approximate surface area is 151 Å². The number of nitrogens with zero attached hydrogens (tertiary/aromatic N) is 1. The number of sulfonamides is 1. The summed E-state index contributed by atoms with van der Waals surface area (Å²) in [5.41, 5.74) is 2.83. The molecule has 0 spiro atoms. The molecule has 0 fully saturated rings. The van der Waals surface area contributed by atoms with Gasteiger partial charge in [-0.25, -0.2) is 8.42 Å². The van der Waals surface area contributed by atoms with Gasteiger partial charge in [0.1, 0.15) is 0 Å². The lowest BCUT2D eigenvalue weighted by Crippen LogP contribution is -2.36. The summed E-state index contributed by atoms with van der Waals surface area (Å²) >= 11 is 1.45. The molecule has 130 valence electrons. The third kappa shape index (κ3) is 2.96. The van der Waals surface area contributed by atoms with Gasteiger partial charge in [0.25, 0.3) is 0 Å². The molecule has 2 heterocycles. The lowest BCUT2D eigenvalue weighted by molar-refractivity contribution is -0.115. The molecule has 2 aliphatic heterocycles. The Morgan fingerprint density at radius 3 is 2.72 bits per heavy atom. The van der Waals surface area contributed by atoms with Gasteiger partial charge >= 0.3 is 0 Å². The molecule has 1 N–H and O–H groups in total. The first-order valence-corrected chi connectivity index (χ1v) is 10.5. The topological polar surface area (TPSA) is 66.5 Å². The third-order valence-electron chi connectivity index (χ3n) is 4.62. The average molecular weight is 374 g/mol. The van der Waals surface area contributed by atoms with Crippen molar-refractivity contribution in [3.63, 3.8) is 0 Å². The van der Waals surface area contributed by atoms with E-state index in [1.165, 1.54) is 21.6 Å². The van der Waals surface area contributed by atoms with E-state index < -0.39 is 10.0 Å². The summed E-state index contributed by atoms with van der Waals surface area (Å²) in [6.07, 6.45) is 0.713. The number of fused-ring (bicyclic) bond motifs is 2. The van der Waals surface area contributed by atoms with Gasteiger partial charge in [0.05, 0.1) is 15.8 Å². The standard InChI is InChI=1S/C18H18N2O3S2/c1-12-18(21)19-16-10-15(6-7-17(16)24-12)25(22,23)20-9-8-13-4-2-3-5-14(13)11-20/h2-7,10,12H,8-9,11H2,1H3,(H,19,21). The molecule has 2 aromatic rings. The van der Waals surface area contributed by atoms with Crippen molar-refractivity contribution in [1.82, 2.24) is 4.31 Å². The summed E-state index contributed by atoms with van der Waals surface area (Å²) < 4.78 is 27.6. The fourth-order valence-corrected chi connectivity index (χ4v) is 5.55. The van der Waals surface area contributed by atoms with Gasteiger partial charge in [0, 0.05) is 18.0 Å². The molecule has 0 radical (unpaired) electrons. The lowest BCUT2D eigenvalue weighted by Gasteiger charge is -2.29. The highest BCUT2D eigenvalue weighted by molar-refractivity contribution is 8.01. The van der Waals surface area contributed by atoms with Crippen molar-refractivity contribution in [2.24, 2.45) is 0 Å². The van der Waals surface area contributed by atoms with Gasteiger partial charge in [-0.1, -0.05) is 24.3 Å². The van der Waals surface area contributed by atoms with Crippen molar-refractivity contribution in [3.8, 4) is 0 Å². The van der Waals surface area contributed by atoms with Crippen molar-refractivity contribution < 1.29 is 13.2 Å². The van der Waals surface area contributed by atoms with Crippen molar-refractivity contribution in [3.05, 3.63) is 53.6 Å². The van der Waals surface area contributed by atoms with E-state index >= 15 is 0 Å². The predicted molar refractivity (Wildman–Crippen MR) is 98.1 cm³/mol. The number of thioether (sulfide) groups is 1. The van der Waals surface area contributed by atoms with Crippen LogP contribution < -0.4 is 5.32 Å². The van der Waals surface area contributed by atoms with Crippen LogP contribution in [0, 0.1) is 0 Å². The molecule has 4 rings (SSSR count). The van der Waals surface area contributed by atoms with Gasteiger partial charge in [-0.2, -0.15) is 4.31 Å². The first-order valence-electron chi connectivity index (χ1n) is 8.13. The van der Waals surface area contributed by atoms with Crippen LogP contribution in [-0.2, 0) is 27.8 Å². The van der Waals surface area contributed by atoms with Crippen LogP contribution in [0.5, 0.6) is 0 Å². The number of hydrogen-bond acceptors (Lipinski definition) is 4. The van der Waals surface area contributed by atoms with E-state index in [0.29, 0.717) is 25.2 Å². The Morgan fingerprint density at radius 1 is 1.16 bits per heavy atom. The molecule has 0 saturated heterocycles. The smallest absolute Gasteiger partial charge is 0.243 e. The monoisotopic (exact) mass is 374 g/mol. The fraction of sp³-hybridized carbons (Fsp3) is 0.278. The van der Waals surface area contributed by atoms with Crippen LogP contribution in [0.25, 0.3) is 0 Å². The summed E-state index contributed by atoms with van der Waals surface area (Å²) in [6.45, 7) is 2.68. The van der Waals surface area contributed by atoms with Crippen LogP contribution >= 0.6 is 11.8 Å². The quantitative estimate of drug-likeness (QED) is 0.878. The SMILES string of the molecule is CC1Sc2ccc(S(=O)(=O)N3CCc4ccccc4C3)cc2NC1=O. The van der Waals surface area contributed by atoms with Crippen LogP contribution in [0.1, 0.15) is 18.1 Å². The molecule has 1 unspecified atom stereocenters. The molecule has 0 saturated carbocycles. The zero-order valence-electron chi connectivity index (χ0n) is 13.7. The van der Waals surface area contributed by atoms with E-state index in [-0.39, 0.29) is 16.1 Å². The first kappa shape index (κ1) is 16.6. The molecule has 2 aliphatic rings. The first-order chi connectivity index (χ1) is 11.9. The summed E-state index contributed by atoms with van der Waals surface area (Å²) in [7, 11) is -3.60. The van der Waals surface area contributed by atoms with Crippen molar-refractivity contribution >= 4 is 33.4 Å². The molecular formula is C18H18N2O3S2. The van der Waals surface area contributed by atoms with E-state index in [9.17, 15) is 13.2 Å². The molecule has 25 heavy (non-hydrogen) atoms. The van der Waals surface area contributed by atoms with Crippen LogP contribution in [0.2, 0.25) is 0 Å². The largest absolute Gasteiger partial charge is 0.324 e. The second kappa shape index (κ2) is 6.16. The average Bonchev–Trinajstić information content (AvgIpc) is 2.62. The molecule has 0 aliphatic carbocycles. The number of rotatable bonds is 2. The molecule has 7 heteroatoms. The minimum absolute atomic E-state index is 0.0982. The highest BCUT2D eigenvalue weighted by Gasteiger charge is 2.30. The summed E-state index contributed by atoms with van der Waals surface area (Å²) in [5, 5.41) is 2.63. The lowest BCUT2D eigenvalue weighted by atomic mass is 10.0. The maximum Gasteiger partial charge on any atom is 0.243 e. The number of hydrogen-bond donors (Lipinski definition) is 1. The van der Waals surface area contributed by atoms with Gasteiger partial charge in [-0.3, -0.25) is 4.79 Å². The molecule has 0 bridgehead atoms. The number of amides is 1. The van der Waals surface area contributed by atoms with Gasteiger partial charge in [-0.05, 0) is 42.7 Å². The van der Waals surface area contributed by atoms with E-state index in [0.717, 1.165) is 10.5 Å². The minimum Gasteiger partial charge on any atom is -0.324 e. The molecule has 1 amide bonds. The number of anilines is 1. The van der Waals surface area contributed by atoms with Gasteiger partial charge in [0.2, 0.25) is 15.9 Å². The number of carbonyl (C=O) groups is 1. The summed E-state index contributed by atoms with van der Waals surface area (Å²) in [6, 6.07) is 12.9. The Bertz CT molecular complexity index is 957. The van der Waals surface area contributed by atoms with Crippen LogP contribution in [-0.4, -0.2) is 30.4 Å². The Hall–Kier alpha value is -1.83. The minimum atomic E-state index is -3.60.